The summed E-state index contributed by atoms with van der Waals surface area (Å²) in [4.78, 5) is 45.1. The van der Waals surface area contributed by atoms with Crippen molar-refractivity contribution >= 4 is 50.7 Å². The summed E-state index contributed by atoms with van der Waals surface area (Å²) >= 11 is 1.87. The standard InChI is InChI=1S/C42H53N7O4S.C2H6/c1-25(2)36(48-41(51)52-6)40(50)49-18-10-7-11-35(49)39-43-22-34(47-39)30-14-12-29(31-21-46-53-37(30)31)23-54-38(28-13-15-32-33(19-28)45-24-44-32)27(4)26(3)20-42(5)16-8-9-17-42;1-2/h12-15,19,21-22,24-26,35-36H,7-11,16-18,20,23H2,1-6H3,(H,43,47)(H,44,45)(H,48,51);1-2H3/b38-27-;/t26?,35-,36?;/m0./s1. The Hall–Kier alpha value is -4.58. The van der Waals surface area contributed by atoms with Gasteiger partial charge in [0.25, 0.3) is 0 Å². The molecule has 7 rings (SSSR count). The van der Waals surface area contributed by atoms with Crippen LogP contribution in [0.25, 0.3) is 38.2 Å². The van der Waals surface area contributed by atoms with Gasteiger partial charge in [-0.15, -0.1) is 11.8 Å². The van der Waals surface area contributed by atoms with Gasteiger partial charge in [0.05, 0.1) is 48.6 Å². The normalized spacial score (nSPS) is 18.4. The Morgan fingerprint density at radius 3 is 2.61 bits per heavy atom. The summed E-state index contributed by atoms with van der Waals surface area (Å²) in [7, 11) is 1.31. The second-order valence-electron chi connectivity index (χ2n) is 16.0. The number of carbonyl (C=O) groups is 2. The van der Waals surface area contributed by atoms with Gasteiger partial charge in [0.2, 0.25) is 5.91 Å². The number of imidazole rings is 2. The number of alkyl carbamates (subject to hydrolysis) is 1. The molecule has 3 N–H and O–H groups in total. The minimum absolute atomic E-state index is 0.109. The molecule has 2 fully saturated rings. The van der Waals surface area contributed by atoms with E-state index < -0.39 is 12.1 Å². The molecule has 2 amide bonds. The van der Waals surface area contributed by atoms with Crippen molar-refractivity contribution in [2.45, 2.75) is 118 Å². The Bertz CT molecular complexity index is 2140. The van der Waals surface area contributed by atoms with Crippen molar-refractivity contribution in [2.24, 2.45) is 17.3 Å². The molecule has 3 aromatic heterocycles. The number of nitrogens with one attached hydrogen (secondary N) is 3. The number of likely N-dealkylation sites (tertiary alicyclic amines) is 1. The fourth-order valence-corrected chi connectivity index (χ4v) is 9.82. The molecule has 3 atom stereocenters. The van der Waals surface area contributed by atoms with E-state index in [1.165, 1.54) is 55.3 Å². The molecule has 5 aromatic rings. The Morgan fingerprint density at radius 2 is 1.86 bits per heavy atom. The zero-order valence-corrected chi connectivity index (χ0v) is 35.1. The first-order valence-electron chi connectivity index (χ1n) is 20.4. The average molecular weight is 782 g/mol. The molecule has 2 aromatic carbocycles. The van der Waals surface area contributed by atoms with Crippen LogP contribution in [0, 0.1) is 17.3 Å². The number of fused-ring (bicyclic) bond motifs is 2. The van der Waals surface area contributed by atoms with E-state index in [0.717, 1.165) is 58.3 Å². The summed E-state index contributed by atoms with van der Waals surface area (Å²) in [5.41, 5.74) is 8.55. The molecule has 2 aliphatic rings. The van der Waals surface area contributed by atoms with Gasteiger partial charge in [-0.25, -0.2) is 14.8 Å². The number of hydrogen-bond donors (Lipinski definition) is 3. The molecule has 4 heterocycles. The molecule has 2 unspecified atom stereocenters. The van der Waals surface area contributed by atoms with Crippen LogP contribution in [0.4, 0.5) is 4.79 Å². The average Bonchev–Trinajstić information content (AvgIpc) is 4.05. The predicted molar refractivity (Wildman–Crippen MR) is 226 cm³/mol. The molecule has 1 saturated carbocycles. The zero-order valence-electron chi connectivity index (χ0n) is 34.3. The number of nitrogens with zero attached hydrogens (tertiary/aromatic N) is 4. The van der Waals surface area contributed by atoms with E-state index in [1.807, 2.05) is 56.8 Å². The third kappa shape index (κ3) is 8.85. The topological polar surface area (TPSA) is 142 Å². The molecule has 0 bridgehead atoms. The predicted octanol–water partition coefficient (Wildman–Crippen LogP) is 10.8. The van der Waals surface area contributed by atoms with Gasteiger partial charge in [0, 0.05) is 28.2 Å². The minimum Gasteiger partial charge on any atom is -0.453 e. The van der Waals surface area contributed by atoms with Crippen LogP contribution < -0.4 is 5.32 Å². The van der Waals surface area contributed by atoms with Crippen LogP contribution in [0.5, 0.6) is 0 Å². The Balaban J connectivity index is 0.00000262. The number of aromatic nitrogens is 5. The van der Waals surface area contributed by atoms with Crippen LogP contribution in [0.2, 0.25) is 0 Å². The van der Waals surface area contributed by atoms with Crippen molar-refractivity contribution < 1.29 is 18.8 Å². The summed E-state index contributed by atoms with van der Waals surface area (Å²) in [6.07, 6.45) is 13.9. The van der Waals surface area contributed by atoms with Crippen molar-refractivity contribution in [1.29, 1.82) is 0 Å². The quantitative estimate of drug-likeness (QED) is 0.114. The first-order valence-corrected chi connectivity index (χ1v) is 21.4. The van der Waals surface area contributed by atoms with Gasteiger partial charge in [-0.2, -0.15) is 0 Å². The third-order valence-electron chi connectivity index (χ3n) is 11.8. The Labute approximate surface area is 335 Å². The van der Waals surface area contributed by atoms with E-state index in [9.17, 15) is 9.59 Å². The fourth-order valence-electron chi connectivity index (χ4n) is 8.55. The number of rotatable bonds is 12. The highest BCUT2D eigenvalue weighted by Crippen LogP contribution is 2.46. The number of H-pyrrole nitrogens is 2. The molecule has 12 heteroatoms. The van der Waals surface area contributed by atoms with Gasteiger partial charge in [0.15, 0.2) is 5.58 Å². The molecular weight excluding hydrogens is 723 g/mol. The van der Waals surface area contributed by atoms with E-state index in [-0.39, 0.29) is 17.9 Å². The van der Waals surface area contributed by atoms with Crippen LogP contribution in [-0.4, -0.2) is 61.7 Å². The van der Waals surface area contributed by atoms with E-state index >= 15 is 0 Å². The Kier molecular flexibility index (Phi) is 13.3. The lowest BCUT2D eigenvalue weighted by molar-refractivity contribution is -0.138. The molecule has 1 aliphatic heterocycles. The zero-order chi connectivity index (χ0) is 40.0. The molecule has 1 aliphatic carbocycles. The van der Waals surface area contributed by atoms with Gasteiger partial charge in [-0.1, -0.05) is 77.2 Å². The minimum atomic E-state index is -0.696. The smallest absolute Gasteiger partial charge is 0.407 e. The Morgan fingerprint density at radius 1 is 1.07 bits per heavy atom. The summed E-state index contributed by atoms with van der Waals surface area (Å²) in [6.45, 7) is 15.6. The number of amides is 2. The largest absolute Gasteiger partial charge is 0.453 e. The van der Waals surface area contributed by atoms with Gasteiger partial charge in [0.1, 0.15) is 11.9 Å². The first kappa shape index (κ1) is 41.1. The van der Waals surface area contributed by atoms with Gasteiger partial charge < -0.3 is 29.4 Å². The molecule has 0 spiro atoms. The van der Waals surface area contributed by atoms with Crippen molar-refractivity contribution in [2.75, 3.05) is 13.7 Å². The molecular formula is C44H59N7O4S. The summed E-state index contributed by atoms with van der Waals surface area (Å²) in [5.74, 6) is 1.68. The van der Waals surface area contributed by atoms with E-state index in [1.54, 1.807) is 6.33 Å². The highest BCUT2D eigenvalue weighted by molar-refractivity contribution is 8.07. The summed E-state index contributed by atoms with van der Waals surface area (Å²) in [6, 6.07) is 9.84. The number of ether oxygens (including phenoxy) is 1. The highest BCUT2D eigenvalue weighted by Gasteiger charge is 2.36. The van der Waals surface area contributed by atoms with Crippen LogP contribution in [0.15, 0.2) is 59.1 Å². The monoisotopic (exact) mass is 781 g/mol. The van der Waals surface area contributed by atoms with Gasteiger partial charge in [-0.3, -0.25) is 4.79 Å². The molecule has 56 heavy (non-hydrogen) atoms. The lowest BCUT2D eigenvalue weighted by Crippen LogP contribution is -2.53. The number of methoxy groups -OCH3 is 1. The lowest BCUT2D eigenvalue weighted by atomic mass is 9.78. The van der Waals surface area contributed by atoms with Crippen molar-refractivity contribution in [1.82, 2.24) is 35.3 Å². The summed E-state index contributed by atoms with van der Waals surface area (Å²) in [5, 5.41) is 7.95. The van der Waals surface area contributed by atoms with Gasteiger partial charge >= 0.3 is 6.09 Å². The maximum absolute atomic E-state index is 13.8. The molecule has 300 valence electrons. The third-order valence-corrected chi connectivity index (χ3v) is 13.1. The SMILES string of the molecule is CC.COC(=O)NC(C(=O)N1CCCC[C@H]1c1ncc(-c2ccc(CS/C(=C(/C)C(C)CC3(C)CCCC3)c3ccc4nc[nH]c4c3)c3cnoc23)[nH]1)C(C)C. The van der Waals surface area contributed by atoms with Crippen LogP contribution in [-0.2, 0) is 15.3 Å². The number of thioether (sulfide) groups is 1. The molecule has 11 nitrogen and oxygen atoms in total. The number of allylic oxidation sites excluding steroid dienone is 1. The maximum atomic E-state index is 13.8. The van der Waals surface area contributed by atoms with Crippen molar-refractivity contribution in [3.8, 4) is 11.3 Å². The maximum Gasteiger partial charge on any atom is 0.407 e. The fraction of sp³-hybridized carbons (Fsp3) is 0.523. The number of carbonyl (C=O) groups excluding carboxylic acids is 2. The van der Waals surface area contributed by atoms with Crippen molar-refractivity contribution in [3.63, 3.8) is 0 Å². The van der Waals surface area contributed by atoms with Crippen LogP contribution in [0.3, 0.4) is 0 Å². The molecule has 1 saturated heterocycles. The van der Waals surface area contributed by atoms with Gasteiger partial charge in [-0.05, 0) is 92.0 Å². The van der Waals surface area contributed by atoms with E-state index in [4.69, 9.17) is 14.2 Å². The second-order valence-corrected chi connectivity index (χ2v) is 17.0. The molecule has 0 radical (unpaired) electrons. The second kappa shape index (κ2) is 18.1. The summed E-state index contributed by atoms with van der Waals surface area (Å²) < 4.78 is 10.7. The van der Waals surface area contributed by atoms with Crippen molar-refractivity contribution in [3.05, 3.63) is 71.6 Å². The number of piperidine rings is 1. The first-order chi connectivity index (χ1) is 27.0. The number of aromatic amines is 2. The number of hydrogen-bond acceptors (Lipinski definition) is 8. The number of benzene rings is 2. The lowest BCUT2D eigenvalue weighted by Gasteiger charge is -2.37. The van der Waals surface area contributed by atoms with Crippen LogP contribution >= 0.6 is 11.8 Å². The van der Waals surface area contributed by atoms with E-state index in [0.29, 0.717) is 29.3 Å². The van der Waals surface area contributed by atoms with Crippen LogP contribution in [0.1, 0.15) is 123 Å². The highest BCUT2D eigenvalue weighted by atomic mass is 32.2. The van der Waals surface area contributed by atoms with E-state index in [2.05, 4.69) is 76.5 Å².